The Morgan fingerprint density at radius 2 is 2.11 bits per heavy atom. The zero-order valence-corrected chi connectivity index (χ0v) is 12.3. The second-order valence-corrected chi connectivity index (χ2v) is 5.61. The lowest BCUT2D eigenvalue weighted by molar-refractivity contribution is 0.0790. The first-order chi connectivity index (χ1) is 9.31. The van der Waals surface area contributed by atoms with E-state index < -0.39 is 0 Å². The minimum Gasteiger partial charge on any atom is -0.377 e. The fourth-order valence-electron chi connectivity index (χ4n) is 2.86. The molecular formula is C17H27NO. The van der Waals surface area contributed by atoms with Gasteiger partial charge in [-0.25, -0.2) is 0 Å². The molecule has 0 radical (unpaired) electrons. The Hall–Kier alpha value is -0.860. The summed E-state index contributed by atoms with van der Waals surface area (Å²) >= 11 is 0. The molecule has 3 unspecified atom stereocenters. The van der Waals surface area contributed by atoms with Gasteiger partial charge in [0.05, 0.1) is 6.10 Å². The van der Waals surface area contributed by atoms with Crippen molar-refractivity contribution < 1.29 is 4.74 Å². The van der Waals surface area contributed by atoms with Gasteiger partial charge in [0.15, 0.2) is 0 Å². The Bertz CT molecular complexity index is 346. The van der Waals surface area contributed by atoms with Crippen LogP contribution < -0.4 is 5.32 Å². The zero-order valence-electron chi connectivity index (χ0n) is 12.3. The summed E-state index contributed by atoms with van der Waals surface area (Å²) in [6.07, 6.45) is 6.53. The molecule has 1 N–H and O–H groups in total. The van der Waals surface area contributed by atoms with Gasteiger partial charge >= 0.3 is 0 Å². The Balaban J connectivity index is 1.96. The Morgan fingerprint density at radius 3 is 2.74 bits per heavy atom. The summed E-state index contributed by atoms with van der Waals surface area (Å²) < 4.78 is 5.79. The Morgan fingerprint density at radius 1 is 1.32 bits per heavy atom. The van der Waals surface area contributed by atoms with Crippen LogP contribution in [0.15, 0.2) is 30.3 Å². The molecule has 106 valence electrons. The number of ether oxygens (including phenoxy) is 1. The second kappa shape index (κ2) is 7.66. The van der Waals surface area contributed by atoms with Crippen LogP contribution >= 0.6 is 0 Å². The Kier molecular flexibility index (Phi) is 5.87. The molecule has 2 heteroatoms. The highest BCUT2D eigenvalue weighted by Crippen LogP contribution is 2.23. The van der Waals surface area contributed by atoms with Crippen LogP contribution in [0.1, 0.15) is 57.6 Å². The molecule has 1 heterocycles. The molecular weight excluding hydrogens is 234 g/mol. The monoisotopic (exact) mass is 261 g/mol. The first kappa shape index (κ1) is 14.5. The number of hydrogen-bond acceptors (Lipinski definition) is 2. The van der Waals surface area contributed by atoms with E-state index in [0.717, 1.165) is 6.61 Å². The third-order valence-corrected chi connectivity index (χ3v) is 4.03. The van der Waals surface area contributed by atoms with E-state index >= 15 is 0 Å². The standard InChI is InChI=1S/C17H27NO/c1-3-4-11-16(15-9-6-5-7-10-15)18-14(2)17-12-8-13-19-17/h5-7,9-10,14,16-18H,3-4,8,11-13H2,1-2H3. The predicted molar refractivity (Wildman–Crippen MR) is 80.3 cm³/mol. The number of nitrogens with one attached hydrogen (secondary N) is 1. The van der Waals surface area contributed by atoms with Crippen LogP contribution in [0.3, 0.4) is 0 Å². The summed E-state index contributed by atoms with van der Waals surface area (Å²) in [4.78, 5) is 0. The SMILES string of the molecule is CCCCC(NC(C)C1CCCO1)c1ccccc1. The largest absolute Gasteiger partial charge is 0.377 e. The van der Waals surface area contributed by atoms with Crippen molar-refractivity contribution in [2.24, 2.45) is 0 Å². The van der Waals surface area contributed by atoms with Gasteiger partial charge in [0, 0.05) is 18.7 Å². The van der Waals surface area contributed by atoms with Crippen molar-refractivity contribution in [2.45, 2.75) is 64.1 Å². The highest BCUT2D eigenvalue weighted by atomic mass is 16.5. The number of benzene rings is 1. The van der Waals surface area contributed by atoms with Gasteiger partial charge in [0.25, 0.3) is 0 Å². The molecule has 0 spiro atoms. The molecule has 1 aliphatic rings. The summed E-state index contributed by atoms with van der Waals surface area (Å²) in [7, 11) is 0. The molecule has 3 atom stereocenters. The normalized spacial score (nSPS) is 22.3. The van der Waals surface area contributed by atoms with E-state index in [0.29, 0.717) is 18.2 Å². The highest BCUT2D eigenvalue weighted by molar-refractivity contribution is 5.19. The first-order valence-corrected chi connectivity index (χ1v) is 7.74. The summed E-state index contributed by atoms with van der Waals surface area (Å²) in [5.41, 5.74) is 1.40. The third-order valence-electron chi connectivity index (χ3n) is 4.03. The van der Waals surface area contributed by atoms with Crippen LogP contribution in [-0.2, 0) is 4.74 Å². The van der Waals surface area contributed by atoms with Crippen molar-refractivity contribution >= 4 is 0 Å². The lowest BCUT2D eigenvalue weighted by Gasteiger charge is -2.27. The van der Waals surface area contributed by atoms with Gasteiger partial charge in [-0.1, -0.05) is 50.1 Å². The van der Waals surface area contributed by atoms with E-state index in [1.807, 2.05) is 0 Å². The average Bonchev–Trinajstić information content (AvgIpc) is 2.98. The molecule has 1 aromatic rings. The third kappa shape index (κ3) is 4.32. The highest BCUT2D eigenvalue weighted by Gasteiger charge is 2.24. The van der Waals surface area contributed by atoms with E-state index in [1.165, 1.54) is 37.7 Å². The van der Waals surface area contributed by atoms with Crippen molar-refractivity contribution in [2.75, 3.05) is 6.61 Å². The molecule has 0 bridgehead atoms. The molecule has 0 aromatic heterocycles. The molecule has 1 aromatic carbocycles. The average molecular weight is 261 g/mol. The van der Waals surface area contributed by atoms with Crippen LogP contribution in [0.4, 0.5) is 0 Å². The molecule has 0 aliphatic carbocycles. The van der Waals surface area contributed by atoms with Crippen molar-refractivity contribution in [3.63, 3.8) is 0 Å². The van der Waals surface area contributed by atoms with Crippen molar-refractivity contribution in [3.05, 3.63) is 35.9 Å². The number of hydrogen-bond donors (Lipinski definition) is 1. The van der Waals surface area contributed by atoms with Crippen LogP contribution in [0.5, 0.6) is 0 Å². The van der Waals surface area contributed by atoms with Crippen LogP contribution in [0, 0.1) is 0 Å². The maximum Gasteiger partial charge on any atom is 0.0726 e. The maximum absolute atomic E-state index is 5.79. The molecule has 1 saturated heterocycles. The number of rotatable bonds is 7. The van der Waals surface area contributed by atoms with Crippen molar-refractivity contribution in [3.8, 4) is 0 Å². The molecule has 0 amide bonds. The van der Waals surface area contributed by atoms with Crippen LogP contribution in [-0.4, -0.2) is 18.8 Å². The molecule has 0 saturated carbocycles. The molecule has 2 nitrogen and oxygen atoms in total. The van der Waals surface area contributed by atoms with Gasteiger partial charge in [0.2, 0.25) is 0 Å². The topological polar surface area (TPSA) is 21.3 Å². The van der Waals surface area contributed by atoms with Gasteiger partial charge in [-0.2, -0.15) is 0 Å². The minimum atomic E-state index is 0.396. The lowest BCUT2D eigenvalue weighted by Crippen LogP contribution is -2.39. The van der Waals surface area contributed by atoms with E-state index in [9.17, 15) is 0 Å². The Labute approximate surface area is 117 Å². The van der Waals surface area contributed by atoms with E-state index in [2.05, 4.69) is 49.5 Å². The molecule has 19 heavy (non-hydrogen) atoms. The molecule has 2 rings (SSSR count). The van der Waals surface area contributed by atoms with E-state index in [4.69, 9.17) is 4.74 Å². The quantitative estimate of drug-likeness (QED) is 0.798. The fraction of sp³-hybridized carbons (Fsp3) is 0.647. The maximum atomic E-state index is 5.79. The smallest absolute Gasteiger partial charge is 0.0726 e. The van der Waals surface area contributed by atoms with Crippen molar-refractivity contribution in [1.29, 1.82) is 0 Å². The lowest BCUT2D eigenvalue weighted by atomic mass is 9.99. The predicted octanol–water partition coefficient (Wildman–Crippen LogP) is 4.08. The van der Waals surface area contributed by atoms with E-state index in [-0.39, 0.29) is 0 Å². The van der Waals surface area contributed by atoms with Gasteiger partial charge < -0.3 is 10.1 Å². The second-order valence-electron chi connectivity index (χ2n) is 5.61. The number of unbranched alkanes of at least 4 members (excludes halogenated alkanes) is 1. The minimum absolute atomic E-state index is 0.396. The van der Waals surface area contributed by atoms with Gasteiger partial charge in [-0.3, -0.25) is 0 Å². The zero-order chi connectivity index (χ0) is 13.5. The summed E-state index contributed by atoms with van der Waals surface area (Å²) in [6, 6.07) is 11.7. The van der Waals surface area contributed by atoms with E-state index in [1.54, 1.807) is 0 Å². The van der Waals surface area contributed by atoms with Crippen molar-refractivity contribution in [1.82, 2.24) is 5.32 Å². The molecule has 1 fully saturated rings. The fourth-order valence-corrected chi connectivity index (χ4v) is 2.86. The van der Waals surface area contributed by atoms with Crippen LogP contribution in [0.2, 0.25) is 0 Å². The first-order valence-electron chi connectivity index (χ1n) is 7.74. The van der Waals surface area contributed by atoms with Gasteiger partial charge in [-0.15, -0.1) is 0 Å². The summed E-state index contributed by atoms with van der Waals surface area (Å²) in [5, 5.41) is 3.78. The van der Waals surface area contributed by atoms with Gasteiger partial charge in [-0.05, 0) is 31.7 Å². The summed E-state index contributed by atoms with van der Waals surface area (Å²) in [5.74, 6) is 0. The summed E-state index contributed by atoms with van der Waals surface area (Å²) in [6.45, 7) is 5.45. The molecule has 1 aliphatic heterocycles. The van der Waals surface area contributed by atoms with Crippen LogP contribution in [0.25, 0.3) is 0 Å². The van der Waals surface area contributed by atoms with Gasteiger partial charge in [0.1, 0.15) is 0 Å².